The number of esters is 1. The second-order valence-electron chi connectivity index (χ2n) is 14.9. The van der Waals surface area contributed by atoms with Crippen LogP contribution in [-0.2, 0) is 19.0 Å². The topological polar surface area (TPSA) is 48.0 Å². The van der Waals surface area contributed by atoms with Gasteiger partial charge < -0.3 is 19.1 Å². The molecule has 2 aliphatic rings. The summed E-state index contributed by atoms with van der Waals surface area (Å²) in [6.07, 6.45) is 49.0. The van der Waals surface area contributed by atoms with Crippen LogP contribution < -0.4 is 0 Å². The van der Waals surface area contributed by atoms with Crippen molar-refractivity contribution in [2.75, 3.05) is 20.6 Å². The van der Waals surface area contributed by atoms with Gasteiger partial charge in [-0.05, 0) is 91.1 Å². The summed E-state index contributed by atoms with van der Waals surface area (Å²) in [6, 6.07) is 0. The lowest BCUT2D eigenvalue weighted by molar-refractivity contribution is -0.211. The van der Waals surface area contributed by atoms with Gasteiger partial charge in [0, 0.05) is 19.4 Å². The maximum absolute atomic E-state index is 12.7. The first-order chi connectivity index (χ1) is 24.0. The van der Waals surface area contributed by atoms with E-state index in [1.165, 1.54) is 128 Å². The molecular weight excluding hydrogens is 606 g/mol. The smallest absolute Gasteiger partial charge is 0.338 e. The van der Waals surface area contributed by atoms with E-state index in [4.69, 9.17) is 14.2 Å². The third kappa shape index (κ3) is 20.7. The Morgan fingerprint density at radius 3 is 1.39 bits per heavy atom. The minimum Gasteiger partial charge on any atom is -0.456 e. The Morgan fingerprint density at radius 1 is 0.551 bits per heavy atom. The van der Waals surface area contributed by atoms with E-state index in [1.54, 1.807) is 0 Å². The van der Waals surface area contributed by atoms with Gasteiger partial charge in [0.05, 0.1) is 0 Å². The van der Waals surface area contributed by atoms with Gasteiger partial charge in [0.15, 0.2) is 11.9 Å². The summed E-state index contributed by atoms with van der Waals surface area (Å²) in [5, 5.41) is 0. The molecule has 0 aromatic carbocycles. The van der Waals surface area contributed by atoms with Crippen molar-refractivity contribution in [1.29, 1.82) is 0 Å². The number of allylic oxidation sites excluding steroid dienone is 8. The molecular formula is C44H77NO4. The number of nitrogens with zero attached hydrogens (tertiary/aromatic N) is 1. The van der Waals surface area contributed by atoms with E-state index in [-0.39, 0.29) is 18.2 Å². The number of carbonyl (C=O) groups excluding carboxylic acids is 1. The lowest BCUT2D eigenvalue weighted by Crippen LogP contribution is -2.38. The van der Waals surface area contributed by atoms with E-state index >= 15 is 0 Å². The molecule has 49 heavy (non-hydrogen) atoms. The van der Waals surface area contributed by atoms with Crippen LogP contribution in [0.2, 0.25) is 0 Å². The molecule has 5 heteroatoms. The molecule has 0 spiro atoms. The summed E-state index contributed by atoms with van der Waals surface area (Å²) in [6.45, 7) is 5.19. The maximum Gasteiger partial charge on any atom is 0.338 e. The molecule has 0 saturated carbocycles. The first-order valence-electron chi connectivity index (χ1n) is 20.8. The predicted octanol–water partition coefficient (Wildman–Crippen LogP) is 12.4. The van der Waals surface area contributed by atoms with Crippen molar-refractivity contribution in [2.24, 2.45) is 0 Å². The molecule has 2 aliphatic heterocycles. The van der Waals surface area contributed by atoms with Gasteiger partial charge >= 0.3 is 5.97 Å². The Bertz CT molecular complexity index is 874. The number of rotatable bonds is 32. The normalized spacial score (nSPS) is 20.7. The molecule has 0 bridgehead atoms. The molecule has 0 N–H and O–H groups in total. The summed E-state index contributed by atoms with van der Waals surface area (Å²) >= 11 is 0. The average Bonchev–Trinajstić information content (AvgIpc) is 3.59. The molecule has 0 aromatic rings. The van der Waals surface area contributed by atoms with Crippen LogP contribution in [0.3, 0.4) is 0 Å². The standard InChI is InChI=1S/C44H77NO4/c1-5-7-9-11-13-15-17-19-21-23-25-27-29-31-33-35-37-44(48-41-40(39-45(3)4)47-43(46)42(41)49-44)38-36-34-32-30-28-26-24-22-20-18-16-14-12-10-8-6-2/h13-16,19-22,40-42H,5-12,17-18,23-39H2,1-4H3/b15-13-,16-14-,21-19-,22-20-/t40-,41-,42-/m1/s1. The van der Waals surface area contributed by atoms with Crippen molar-refractivity contribution >= 4 is 5.97 Å². The van der Waals surface area contributed by atoms with Crippen LogP contribution in [0.1, 0.15) is 181 Å². The summed E-state index contributed by atoms with van der Waals surface area (Å²) in [5.41, 5.74) is 0. The van der Waals surface area contributed by atoms with Crippen molar-refractivity contribution < 1.29 is 19.0 Å². The molecule has 0 unspecified atom stereocenters. The largest absolute Gasteiger partial charge is 0.456 e. The van der Waals surface area contributed by atoms with E-state index in [0.29, 0.717) is 6.54 Å². The molecule has 0 amide bonds. The molecule has 2 heterocycles. The van der Waals surface area contributed by atoms with E-state index in [0.717, 1.165) is 38.5 Å². The first kappa shape index (κ1) is 43.5. The van der Waals surface area contributed by atoms with Crippen LogP contribution in [0.25, 0.3) is 0 Å². The molecule has 2 fully saturated rings. The van der Waals surface area contributed by atoms with Crippen molar-refractivity contribution in [2.45, 2.75) is 205 Å². The highest BCUT2D eigenvalue weighted by Gasteiger charge is 2.58. The van der Waals surface area contributed by atoms with Crippen LogP contribution in [0.5, 0.6) is 0 Å². The minimum atomic E-state index is -0.635. The van der Waals surface area contributed by atoms with Crippen molar-refractivity contribution in [3.63, 3.8) is 0 Å². The van der Waals surface area contributed by atoms with E-state index < -0.39 is 11.9 Å². The van der Waals surface area contributed by atoms with Crippen LogP contribution in [0.4, 0.5) is 0 Å². The van der Waals surface area contributed by atoms with Crippen LogP contribution in [0.15, 0.2) is 48.6 Å². The predicted molar refractivity (Wildman–Crippen MR) is 209 cm³/mol. The fourth-order valence-electron chi connectivity index (χ4n) is 7.00. The zero-order valence-corrected chi connectivity index (χ0v) is 32.5. The Balaban J connectivity index is 1.63. The Morgan fingerprint density at radius 2 is 0.959 bits per heavy atom. The Kier molecular flexibility index (Phi) is 25.7. The summed E-state index contributed by atoms with van der Waals surface area (Å²) in [4.78, 5) is 14.8. The average molecular weight is 684 g/mol. The van der Waals surface area contributed by atoms with E-state index in [1.807, 2.05) is 14.1 Å². The first-order valence-corrected chi connectivity index (χ1v) is 20.8. The number of hydrogen-bond donors (Lipinski definition) is 0. The van der Waals surface area contributed by atoms with Crippen molar-refractivity contribution in [1.82, 2.24) is 4.90 Å². The van der Waals surface area contributed by atoms with Crippen molar-refractivity contribution in [3.05, 3.63) is 48.6 Å². The quantitative estimate of drug-likeness (QED) is 0.0401. The van der Waals surface area contributed by atoms with Gasteiger partial charge in [0.1, 0.15) is 12.2 Å². The zero-order valence-electron chi connectivity index (χ0n) is 32.5. The van der Waals surface area contributed by atoms with Crippen LogP contribution in [-0.4, -0.2) is 55.6 Å². The molecule has 0 aromatic heterocycles. The highest BCUT2D eigenvalue weighted by molar-refractivity contribution is 5.78. The number of unbranched alkanes of at least 4 members (excludes halogenated alkanes) is 18. The lowest BCUT2D eigenvalue weighted by atomic mass is 9.98. The third-order valence-electron chi connectivity index (χ3n) is 9.92. The molecule has 5 nitrogen and oxygen atoms in total. The van der Waals surface area contributed by atoms with E-state index in [9.17, 15) is 4.79 Å². The molecule has 0 radical (unpaired) electrons. The molecule has 282 valence electrons. The SMILES string of the molecule is CCCCC/C=C\C/C=C\CCCCCCCCC1(CCCCCCCC/C=C\C/C=C\CCCCC)O[C@@H]2[C@@H](CN(C)C)OC(=O)[C@@H]2O1. The number of hydrogen-bond acceptors (Lipinski definition) is 5. The maximum atomic E-state index is 12.7. The second kappa shape index (κ2) is 28.9. The van der Waals surface area contributed by atoms with Gasteiger partial charge in [-0.25, -0.2) is 4.79 Å². The fourth-order valence-corrected chi connectivity index (χ4v) is 7.00. The number of carbonyl (C=O) groups is 1. The number of fused-ring (bicyclic) bond motifs is 1. The van der Waals surface area contributed by atoms with Gasteiger partial charge in [0.25, 0.3) is 0 Å². The van der Waals surface area contributed by atoms with Crippen molar-refractivity contribution in [3.8, 4) is 0 Å². The minimum absolute atomic E-state index is 0.243. The zero-order chi connectivity index (χ0) is 35.3. The summed E-state index contributed by atoms with van der Waals surface area (Å²) < 4.78 is 18.8. The highest BCUT2D eigenvalue weighted by atomic mass is 16.8. The van der Waals surface area contributed by atoms with Gasteiger partial charge in [-0.15, -0.1) is 0 Å². The molecule has 3 atom stereocenters. The summed E-state index contributed by atoms with van der Waals surface area (Å²) in [5.74, 6) is -0.878. The lowest BCUT2D eigenvalue weighted by Gasteiger charge is -2.30. The van der Waals surface area contributed by atoms with Crippen LogP contribution >= 0.6 is 0 Å². The number of ether oxygens (including phenoxy) is 3. The fraction of sp³-hybridized carbons (Fsp3) is 0.795. The molecule has 2 rings (SSSR count). The van der Waals surface area contributed by atoms with Gasteiger partial charge in [-0.3, -0.25) is 0 Å². The summed E-state index contributed by atoms with van der Waals surface area (Å²) in [7, 11) is 4.02. The van der Waals surface area contributed by atoms with E-state index in [2.05, 4.69) is 67.4 Å². The second-order valence-corrected chi connectivity index (χ2v) is 14.9. The van der Waals surface area contributed by atoms with Gasteiger partial charge in [0.2, 0.25) is 0 Å². The van der Waals surface area contributed by atoms with Gasteiger partial charge in [-0.1, -0.05) is 140 Å². The highest BCUT2D eigenvalue weighted by Crippen LogP contribution is 2.42. The number of likely N-dealkylation sites (N-methyl/N-ethyl adjacent to an activating group) is 1. The molecule has 2 saturated heterocycles. The third-order valence-corrected chi connectivity index (χ3v) is 9.92. The van der Waals surface area contributed by atoms with Crippen LogP contribution in [0, 0.1) is 0 Å². The van der Waals surface area contributed by atoms with Gasteiger partial charge in [-0.2, -0.15) is 0 Å². The Labute approximate surface area is 303 Å². The monoisotopic (exact) mass is 684 g/mol. The molecule has 0 aliphatic carbocycles. The number of cyclic esters (lactones) is 1. The Hall–Kier alpha value is -1.69.